The molecule has 2 aromatic carbocycles. The first-order valence-corrected chi connectivity index (χ1v) is 8.58. The van der Waals surface area contributed by atoms with Crippen LogP contribution < -0.4 is 4.74 Å². The predicted octanol–water partition coefficient (Wildman–Crippen LogP) is 6.84. The highest BCUT2D eigenvalue weighted by molar-refractivity contribution is 5.42. The fraction of sp³-hybridized carbons (Fsp3) is 0.400. The molecule has 3 heteroatoms. The Bertz CT molecular complexity index is 564. The van der Waals surface area contributed by atoms with Crippen LogP contribution in [-0.4, -0.2) is 6.61 Å². The highest BCUT2D eigenvalue weighted by Crippen LogP contribution is 2.21. The topological polar surface area (TPSA) is 34.0 Å². The van der Waals surface area contributed by atoms with Crippen molar-refractivity contribution in [3.05, 3.63) is 54.6 Å². The van der Waals surface area contributed by atoms with Gasteiger partial charge in [0.1, 0.15) is 5.75 Å². The third-order valence-corrected chi connectivity index (χ3v) is 3.64. The van der Waals surface area contributed by atoms with E-state index < -0.39 is 0 Å². The molecule has 0 amide bonds. The van der Waals surface area contributed by atoms with Crippen molar-refractivity contribution in [2.45, 2.75) is 45.4 Å². The molecule has 0 unspecified atom stereocenters. The van der Waals surface area contributed by atoms with Gasteiger partial charge in [-0.25, -0.2) is 0 Å². The van der Waals surface area contributed by atoms with Crippen LogP contribution in [0.15, 0.2) is 64.8 Å². The van der Waals surface area contributed by atoms with Crippen molar-refractivity contribution in [1.82, 2.24) is 0 Å². The van der Waals surface area contributed by atoms with Crippen LogP contribution in [0.1, 0.15) is 45.4 Å². The molecule has 0 heterocycles. The van der Waals surface area contributed by atoms with Crippen molar-refractivity contribution in [3.63, 3.8) is 0 Å². The van der Waals surface area contributed by atoms with E-state index in [9.17, 15) is 0 Å². The second-order valence-electron chi connectivity index (χ2n) is 5.65. The number of azo groups is 1. The maximum Gasteiger partial charge on any atom is 0.119 e. The van der Waals surface area contributed by atoms with E-state index >= 15 is 0 Å². The van der Waals surface area contributed by atoms with Crippen LogP contribution in [0.25, 0.3) is 0 Å². The van der Waals surface area contributed by atoms with Crippen molar-refractivity contribution in [2.75, 3.05) is 6.61 Å². The van der Waals surface area contributed by atoms with Gasteiger partial charge < -0.3 is 4.74 Å². The van der Waals surface area contributed by atoms with E-state index in [0.29, 0.717) is 0 Å². The molecule has 0 aromatic heterocycles. The molecule has 23 heavy (non-hydrogen) atoms. The van der Waals surface area contributed by atoms with Crippen molar-refractivity contribution in [3.8, 4) is 5.75 Å². The molecule has 0 fully saturated rings. The molecule has 0 spiro atoms. The molecule has 0 atom stereocenters. The Morgan fingerprint density at radius 2 is 1.30 bits per heavy atom. The zero-order chi connectivity index (χ0) is 16.2. The van der Waals surface area contributed by atoms with Gasteiger partial charge in [0, 0.05) is 0 Å². The summed E-state index contributed by atoms with van der Waals surface area (Å²) >= 11 is 0. The van der Waals surface area contributed by atoms with Gasteiger partial charge >= 0.3 is 0 Å². The molecule has 122 valence electrons. The molecular weight excluding hydrogens is 284 g/mol. The van der Waals surface area contributed by atoms with Gasteiger partial charge in [0.15, 0.2) is 0 Å². The summed E-state index contributed by atoms with van der Waals surface area (Å²) in [5.74, 6) is 0.900. The van der Waals surface area contributed by atoms with Crippen LogP contribution in [0, 0.1) is 0 Å². The first kappa shape index (κ1) is 17.2. The number of nitrogens with zero attached hydrogens (tertiary/aromatic N) is 2. The Balaban J connectivity index is 1.69. The predicted molar refractivity (Wildman–Crippen MR) is 95.9 cm³/mol. The SMILES string of the molecule is CCCCCCCCOc1ccc(/N=N/c2ccccc2)cc1. The maximum absolute atomic E-state index is 5.76. The van der Waals surface area contributed by atoms with Crippen molar-refractivity contribution < 1.29 is 4.74 Å². The van der Waals surface area contributed by atoms with Gasteiger partial charge in [-0.15, -0.1) is 0 Å². The average Bonchev–Trinajstić information content (AvgIpc) is 2.61. The summed E-state index contributed by atoms with van der Waals surface area (Å²) in [5.41, 5.74) is 1.69. The summed E-state index contributed by atoms with van der Waals surface area (Å²) in [6.45, 7) is 3.03. The summed E-state index contributed by atoms with van der Waals surface area (Å²) in [5, 5.41) is 8.43. The van der Waals surface area contributed by atoms with Gasteiger partial charge in [-0.05, 0) is 42.8 Å². The van der Waals surface area contributed by atoms with E-state index in [1.165, 1.54) is 32.1 Å². The minimum absolute atomic E-state index is 0.789. The number of ether oxygens (including phenoxy) is 1. The van der Waals surface area contributed by atoms with Crippen LogP contribution in [0.4, 0.5) is 11.4 Å². The number of unbranched alkanes of at least 4 members (excludes halogenated alkanes) is 5. The molecule has 0 bridgehead atoms. The third-order valence-electron chi connectivity index (χ3n) is 3.64. The van der Waals surface area contributed by atoms with Crippen LogP contribution in [0.2, 0.25) is 0 Å². The molecule has 0 aliphatic heterocycles. The van der Waals surface area contributed by atoms with E-state index in [4.69, 9.17) is 4.74 Å². The van der Waals surface area contributed by atoms with E-state index in [1.807, 2.05) is 54.6 Å². The van der Waals surface area contributed by atoms with Crippen molar-refractivity contribution in [1.29, 1.82) is 0 Å². The number of benzene rings is 2. The highest BCUT2D eigenvalue weighted by atomic mass is 16.5. The van der Waals surface area contributed by atoms with E-state index in [1.54, 1.807) is 0 Å². The minimum Gasteiger partial charge on any atom is -0.494 e. The van der Waals surface area contributed by atoms with Gasteiger partial charge in [0.25, 0.3) is 0 Å². The first-order valence-electron chi connectivity index (χ1n) is 8.58. The maximum atomic E-state index is 5.76. The second kappa shape index (κ2) is 10.5. The van der Waals surface area contributed by atoms with Gasteiger partial charge in [0.2, 0.25) is 0 Å². The zero-order valence-electron chi connectivity index (χ0n) is 13.9. The largest absolute Gasteiger partial charge is 0.494 e. The molecule has 2 aromatic rings. The molecule has 0 saturated carbocycles. The standard InChI is InChI=1S/C20H26N2O/c1-2-3-4-5-6-10-17-23-20-15-13-19(14-16-20)22-21-18-11-8-7-9-12-18/h7-9,11-16H,2-6,10,17H2,1H3/b22-21+. The Kier molecular flexibility index (Phi) is 7.89. The summed E-state index contributed by atoms with van der Waals surface area (Å²) in [6.07, 6.45) is 7.68. The molecular formula is C20H26N2O. The summed E-state index contributed by atoms with van der Waals surface area (Å²) < 4.78 is 5.76. The zero-order valence-corrected chi connectivity index (χ0v) is 13.9. The molecule has 0 aliphatic rings. The Hall–Kier alpha value is -2.16. The van der Waals surface area contributed by atoms with Gasteiger partial charge in [0.05, 0.1) is 18.0 Å². The third kappa shape index (κ3) is 7.09. The number of hydrogen-bond acceptors (Lipinski definition) is 3. The summed E-state index contributed by atoms with van der Waals surface area (Å²) in [7, 11) is 0. The molecule has 2 rings (SSSR count). The van der Waals surface area contributed by atoms with Gasteiger partial charge in [-0.3, -0.25) is 0 Å². The fourth-order valence-corrected chi connectivity index (χ4v) is 2.29. The van der Waals surface area contributed by atoms with E-state index in [0.717, 1.165) is 30.2 Å². The van der Waals surface area contributed by atoms with Crippen LogP contribution >= 0.6 is 0 Å². The lowest BCUT2D eigenvalue weighted by Gasteiger charge is -2.06. The lowest BCUT2D eigenvalue weighted by Crippen LogP contribution is -1.96. The Morgan fingerprint density at radius 1 is 0.696 bits per heavy atom. The molecule has 0 N–H and O–H groups in total. The Morgan fingerprint density at radius 3 is 2.00 bits per heavy atom. The van der Waals surface area contributed by atoms with Crippen molar-refractivity contribution in [2.24, 2.45) is 10.2 Å². The highest BCUT2D eigenvalue weighted by Gasteiger charge is 1.96. The Labute approximate surface area is 139 Å². The normalized spacial score (nSPS) is 11.0. The van der Waals surface area contributed by atoms with Crippen LogP contribution in [-0.2, 0) is 0 Å². The van der Waals surface area contributed by atoms with Crippen LogP contribution in [0.5, 0.6) is 5.75 Å². The number of rotatable bonds is 10. The average molecular weight is 310 g/mol. The second-order valence-corrected chi connectivity index (χ2v) is 5.65. The minimum atomic E-state index is 0.789. The lowest BCUT2D eigenvalue weighted by atomic mass is 10.1. The molecule has 0 radical (unpaired) electrons. The van der Waals surface area contributed by atoms with Gasteiger partial charge in [-0.2, -0.15) is 10.2 Å². The number of hydrogen-bond donors (Lipinski definition) is 0. The molecule has 0 saturated heterocycles. The van der Waals surface area contributed by atoms with E-state index in [2.05, 4.69) is 17.2 Å². The van der Waals surface area contributed by atoms with Crippen molar-refractivity contribution >= 4 is 11.4 Å². The lowest BCUT2D eigenvalue weighted by molar-refractivity contribution is 0.304. The summed E-state index contributed by atoms with van der Waals surface area (Å²) in [6, 6.07) is 17.5. The quantitative estimate of drug-likeness (QED) is 0.349. The molecule has 0 aliphatic carbocycles. The first-order chi connectivity index (χ1) is 11.4. The smallest absolute Gasteiger partial charge is 0.119 e. The monoisotopic (exact) mass is 310 g/mol. The van der Waals surface area contributed by atoms with Gasteiger partial charge in [-0.1, -0.05) is 57.2 Å². The van der Waals surface area contributed by atoms with Crippen LogP contribution in [0.3, 0.4) is 0 Å². The summed E-state index contributed by atoms with van der Waals surface area (Å²) in [4.78, 5) is 0. The van der Waals surface area contributed by atoms with E-state index in [-0.39, 0.29) is 0 Å². The molecule has 3 nitrogen and oxygen atoms in total. The fourth-order valence-electron chi connectivity index (χ4n) is 2.29.